The molecular formula is C24H25N3O5. The number of carbonyl (C=O) groups excluding carboxylic acids is 2. The fourth-order valence-corrected chi connectivity index (χ4v) is 3.21. The molecule has 0 saturated carbocycles. The van der Waals surface area contributed by atoms with Crippen molar-refractivity contribution in [2.24, 2.45) is 0 Å². The molecule has 0 radical (unpaired) electrons. The molecule has 1 aromatic heterocycles. The van der Waals surface area contributed by atoms with Crippen LogP contribution in [-0.2, 0) is 4.79 Å². The highest BCUT2D eigenvalue weighted by atomic mass is 16.5. The van der Waals surface area contributed by atoms with Gasteiger partial charge < -0.3 is 20.1 Å². The standard InChI is InChI=1S/C24H25N3O5/c1-5-21(28)25-17-11-10-16(31-3)14-18(17)26-23(29)22-15(2)12-13-27(24(22)30)19-8-6-7-9-20(19)32-4/h6-14H,5H2,1-4H3,(H,25,28)(H,26,29). The highest BCUT2D eigenvalue weighted by Crippen LogP contribution is 2.28. The predicted octanol–water partition coefficient (Wildman–Crippen LogP) is 3.76. The van der Waals surface area contributed by atoms with Crippen LogP contribution in [0.15, 0.2) is 59.5 Å². The summed E-state index contributed by atoms with van der Waals surface area (Å²) in [5.74, 6) is 0.185. The molecule has 3 aromatic rings. The van der Waals surface area contributed by atoms with Gasteiger partial charge in [-0.25, -0.2) is 0 Å². The number of rotatable bonds is 7. The minimum atomic E-state index is -0.600. The number of carbonyl (C=O) groups is 2. The van der Waals surface area contributed by atoms with Gasteiger partial charge in [0.15, 0.2) is 0 Å². The smallest absolute Gasteiger partial charge is 0.268 e. The Bertz CT molecular complexity index is 1220. The summed E-state index contributed by atoms with van der Waals surface area (Å²) in [7, 11) is 3.01. The third-order valence-electron chi connectivity index (χ3n) is 4.94. The van der Waals surface area contributed by atoms with E-state index in [2.05, 4.69) is 10.6 Å². The third-order valence-corrected chi connectivity index (χ3v) is 4.94. The summed E-state index contributed by atoms with van der Waals surface area (Å²) in [6.07, 6.45) is 1.88. The molecule has 2 N–H and O–H groups in total. The molecule has 0 bridgehead atoms. The number of methoxy groups -OCH3 is 2. The number of amides is 2. The monoisotopic (exact) mass is 435 g/mol. The Labute approximate surface area is 185 Å². The Morgan fingerprint density at radius 1 is 0.969 bits per heavy atom. The van der Waals surface area contributed by atoms with Crippen molar-refractivity contribution < 1.29 is 19.1 Å². The number of nitrogens with zero attached hydrogens (tertiary/aromatic N) is 1. The normalized spacial score (nSPS) is 10.4. The van der Waals surface area contributed by atoms with Gasteiger partial charge in [0, 0.05) is 18.7 Å². The average molecular weight is 435 g/mol. The van der Waals surface area contributed by atoms with E-state index in [1.54, 1.807) is 68.6 Å². The molecule has 166 valence electrons. The third kappa shape index (κ3) is 4.64. The summed E-state index contributed by atoms with van der Waals surface area (Å²) in [6.45, 7) is 3.42. The van der Waals surface area contributed by atoms with E-state index in [1.165, 1.54) is 18.8 Å². The number of anilines is 2. The number of aryl methyl sites for hydroxylation is 1. The minimum absolute atomic E-state index is 0.0194. The first-order valence-corrected chi connectivity index (χ1v) is 10.0. The lowest BCUT2D eigenvalue weighted by atomic mass is 10.1. The molecular weight excluding hydrogens is 410 g/mol. The highest BCUT2D eigenvalue weighted by molar-refractivity contribution is 6.08. The van der Waals surface area contributed by atoms with Crippen molar-refractivity contribution in [1.29, 1.82) is 0 Å². The molecule has 0 aliphatic carbocycles. The van der Waals surface area contributed by atoms with E-state index < -0.39 is 11.5 Å². The van der Waals surface area contributed by atoms with Gasteiger partial charge in [0.25, 0.3) is 11.5 Å². The van der Waals surface area contributed by atoms with Gasteiger partial charge in [-0.3, -0.25) is 19.0 Å². The molecule has 2 amide bonds. The lowest BCUT2D eigenvalue weighted by Crippen LogP contribution is -2.29. The lowest BCUT2D eigenvalue weighted by molar-refractivity contribution is -0.115. The molecule has 8 nitrogen and oxygen atoms in total. The van der Waals surface area contributed by atoms with Gasteiger partial charge in [0.1, 0.15) is 17.1 Å². The molecule has 2 aromatic carbocycles. The van der Waals surface area contributed by atoms with Gasteiger partial charge in [-0.15, -0.1) is 0 Å². The van der Waals surface area contributed by atoms with Crippen LogP contribution in [-0.4, -0.2) is 30.6 Å². The van der Waals surface area contributed by atoms with E-state index >= 15 is 0 Å². The average Bonchev–Trinajstić information content (AvgIpc) is 2.80. The van der Waals surface area contributed by atoms with Crippen LogP contribution in [0, 0.1) is 6.92 Å². The van der Waals surface area contributed by atoms with E-state index in [4.69, 9.17) is 9.47 Å². The number of hydrogen-bond donors (Lipinski definition) is 2. The second kappa shape index (κ2) is 9.82. The van der Waals surface area contributed by atoms with Crippen LogP contribution in [0.25, 0.3) is 5.69 Å². The fourth-order valence-electron chi connectivity index (χ4n) is 3.21. The number of ether oxygens (including phenoxy) is 2. The van der Waals surface area contributed by atoms with Gasteiger partial charge in [-0.05, 0) is 42.8 Å². The van der Waals surface area contributed by atoms with Crippen molar-refractivity contribution in [2.45, 2.75) is 20.3 Å². The summed E-state index contributed by atoms with van der Waals surface area (Å²) in [6, 6.07) is 13.6. The quantitative estimate of drug-likeness (QED) is 0.589. The lowest BCUT2D eigenvalue weighted by Gasteiger charge is -2.16. The van der Waals surface area contributed by atoms with Crippen LogP contribution in [0.5, 0.6) is 11.5 Å². The maximum atomic E-state index is 13.3. The number of aromatic nitrogens is 1. The van der Waals surface area contributed by atoms with E-state index in [9.17, 15) is 14.4 Å². The van der Waals surface area contributed by atoms with E-state index in [-0.39, 0.29) is 17.9 Å². The number of nitrogens with one attached hydrogen (secondary N) is 2. The highest BCUT2D eigenvalue weighted by Gasteiger charge is 2.19. The fraction of sp³-hybridized carbons (Fsp3) is 0.208. The summed E-state index contributed by atoms with van der Waals surface area (Å²) in [5.41, 5.74) is 1.25. The Hall–Kier alpha value is -4.07. The molecule has 0 saturated heterocycles. The number of benzene rings is 2. The summed E-state index contributed by atoms with van der Waals surface area (Å²) in [4.78, 5) is 38.4. The summed E-state index contributed by atoms with van der Waals surface area (Å²) >= 11 is 0. The molecule has 32 heavy (non-hydrogen) atoms. The van der Waals surface area contributed by atoms with E-state index in [1.807, 2.05) is 0 Å². The van der Waals surface area contributed by atoms with Crippen LogP contribution in [0.1, 0.15) is 29.3 Å². The van der Waals surface area contributed by atoms with Gasteiger partial charge in [0.05, 0.1) is 31.3 Å². The van der Waals surface area contributed by atoms with Gasteiger partial charge in [-0.1, -0.05) is 19.1 Å². The Balaban J connectivity index is 2.04. The zero-order valence-corrected chi connectivity index (χ0v) is 18.4. The summed E-state index contributed by atoms with van der Waals surface area (Å²) < 4.78 is 12.0. The zero-order chi connectivity index (χ0) is 23.3. The SMILES string of the molecule is CCC(=O)Nc1ccc(OC)cc1NC(=O)c1c(C)ccn(-c2ccccc2OC)c1=O. The predicted molar refractivity (Wildman–Crippen MR) is 123 cm³/mol. The van der Waals surface area contributed by atoms with Crippen molar-refractivity contribution in [3.63, 3.8) is 0 Å². The minimum Gasteiger partial charge on any atom is -0.497 e. The first-order valence-electron chi connectivity index (χ1n) is 10.0. The van der Waals surface area contributed by atoms with Crippen LogP contribution in [0.3, 0.4) is 0 Å². The molecule has 0 unspecified atom stereocenters. The van der Waals surface area contributed by atoms with Crippen LogP contribution in [0.4, 0.5) is 11.4 Å². The van der Waals surface area contributed by atoms with Crippen molar-refractivity contribution >= 4 is 23.2 Å². The number of pyridine rings is 1. The van der Waals surface area contributed by atoms with Gasteiger partial charge >= 0.3 is 0 Å². The zero-order valence-electron chi connectivity index (χ0n) is 18.4. The molecule has 3 rings (SSSR count). The van der Waals surface area contributed by atoms with Gasteiger partial charge in [-0.2, -0.15) is 0 Å². The second-order valence-corrected chi connectivity index (χ2v) is 6.99. The van der Waals surface area contributed by atoms with Crippen LogP contribution < -0.4 is 25.7 Å². The molecule has 0 atom stereocenters. The summed E-state index contributed by atoms with van der Waals surface area (Å²) in [5, 5.41) is 5.48. The van der Waals surface area contributed by atoms with Gasteiger partial charge in [0.2, 0.25) is 5.91 Å². The van der Waals surface area contributed by atoms with E-state index in [0.29, 0.717) is 34.1 Å². The maximum Gasteiger partial charge on any atom is 0.268 e. The van der Waals surface area contributed by atoms with E-state index in [0.717, 1.165) is 0 Å². The van der Waals surface area contributed by atoms with Crippen LogP contribution >= 0.6 is 0 Å². The van der Waals surface area contributed by atoms with Crippen molar-refractivity contribution in [2.75, 3.05) is 24.9 Å². The van der Waals surface area contributed by atoms with Crippen molar-refractivity contribution in [3.05, 3.63) is 76.2 Å². The largest absolute Gasteiger partial charge is 0.497 e. The van der Waals surface area contributed by atoms with Crippen molar-refractivity contribution in [1.82, 2.24) is 4.57 Å². The molecule has 0 spiro atoms. The second-order valence-electron chi connectivity index (χ2n) is 6.99. The topological polar surface area (TPSA) is 98.7 Å². The molecule has 1 heterocycles. The Kier molecular flexibility index (Phi) is 6.94. The number of para-hydroxylation sites is 2. The van der Waals surface area contributed by atoms with Crippen LogP contribution in [0.2, 0.25) is 0 Å². The molecule has 0 fully saturated rings. The first kappa shape index (κ1) is 22.6. The molecule has 0 aliphatic heterocycles. The Morgan fingerprint density at radius 3 is 2.41 bits per heavy atom. The molecule has 8 heteroatoms. The number of hydrogen-bond acceptors (Lipinski definition) is 5. The maximum absolute atomic E-state index is 13.3. The Morgan fingerprint density at radius 2 is 1.72 bits per heavy atom. The first-order chi connectivity index (χ1) is 15.4. The van der Waals surface area contributed by atoms with Crippen molar-refractivity contribution in [3.8, 4) is 17.2 Å². The molecule has 0 aliphatic rings.